The first-order chi connectivity index (χ1) is 6.20. The van der Waals surface area contributed by atoms with Crippen molar-refractivity contribution in [3.05, 3.63) is 24.4 Å². The van der Waals surface area contributed by atoms with Crippen LogP contribution in [0.4, 0.5) is 5.82 Å². The number of hydrogen-bond donors (Lipinski definition) is 2. The zero-order chi connectivity index (χ0) is 9.68. The van der Waals surface area contributed by atoms with Crippen LogP contribution in [0.3, 0.4) is 0 Å². The summed E-state index contributed by atoms with van der Waals surface area (Å²) in [7, 11) is 0. The summed E-state index contributed by atoms with van der Waals surface area (Å²) in [6.45, 7) is 0.0341. The van der Waals surface area contributed by atoms with Crippen molar-refractivity contribution in [2.24, 2.45) is 0 Å². The van der Waals surface area contributed by atoms with Gasteiger partial charge in [-0.05, 0) is 12.1 Å². The normalized spacial score (nSPS) is 9.62. The minimum atomic E-state index is -0.949. The smallest absolute Gasteiger partial charge is 0.305 e. The molecule has 2 N–H and O–H groups in total. The highest BCUT2D eigenvalue weighted by molar-refractivity contribution is 5.67. The third kappa shape index (κ3) is 3.08. The summed E-state index contributed by atoms with van der Waals surface area (Å²) >= 11 is 0. The maximum absolute atomic E-state index is 10.2. The van der Waals surface area contributed by atoms with Gasteiger partial charge < -0.3 is 5.11 Å². The topological polar surface area (TPSA) is 73.7 Å². The van der Waals surface area contributed by atoms with Crippen LogP contribution in [0.5, 0.6) is 0 Å². The number of rotatable bonds is 4. The van der Waals surface area contributed by atoms with Crippen molar-refractivity contribution >= 4 is 11.8 Å². The number of nitrogens with zero attached hydrogens (tertiary/aromatic N) is 2. The van der Waals surface area contributed by atoms with E-state index in [4.69, 9.17) is 5.11 Å². The van der Waals surface area contributed by atoms with Gasteiger partial charge >= 0.3 is 5.97 Å². The molecule has 0 aliphatic carbocycles. The number of anilines is 1. The van der Waals surface area contributed by atoms with Crippen LogP contribution in [-0.2, 0) is 4.79 Å². The molecule has 0 aromatic carbocycles. The Morgan fingerprint density at radius 1 is 1.54 bits per heavy atom. The first kappa shape index (κ1) is 9.47. The summed E-state index contributed by atoms with van der Waals surface area (Å²) in [5, 5.41) is 18.4. The molecule has 0 bridgehead atoms. The maximum atomic E-state index is 10.2. The number of aromatic nitrogens is 1. The van der Waals surface area contributed by atoms with Gasteiger partial charge in [-0.2, -0.15) is 0 Å². The average molecular weight is 182 g/mol. The van der Waals surface area contributed by atoms with Crippen LogP contribution in [0.25, 0.3) is 0 Å². The van der Waals surface area contributed by atoms with Gasteiger partial charge in [0.15, 0.2) is 5.82 Å². The van der Waals surface area contributed by atoms with Gasteiger partial charge in [0.25, 0.3) is 0 Å². The summed E-state index contributed by atoms with van der Waals surface area (Å²) in [6, 6.07) is 5.03. The van der Waals surface area contributed by atoms with Gasteiger partial charge in [-0.1, -0.05) is 6.07 Å². The second-order valence-corrected chi connectivity index (χ2v) is 2.45. The van der Waals surface area contributed by atoms with Gasteiger partial charge in [0.1, 0.15) is 0 Å². The predicted molar refractivity (Wildman–Crippen MR) is 45.6 cm³/mol. The summed E-state index contributed by atoms with van der Waals surface area (Å²) in [6.07, 6.45) is 1.41. The molecule has 1 heterocycles. The van der Waals surface area contributed by atoms with Crippen molar-refractivity contribution < 1.29 is 15.1 Å². The number of carboxylic acid groups (broad SMARTS) is 1. The molecule has 5 nitrogen and oxygen atoms in total. The molecule has 5 heteroatoms. The molecule has 0 saturated heterocycles. The van der Waals surface area contributed by atoms with Crippen molar-refractivity contribution in [1.29, 1.82) is 0 Å². The van der Waals surface area contributed by atoms with E-state index >= 15 is 0 Å². The van der Waals surface area contributed by atoms with Crippen molar-refractivity contribution in [3.63, 3.8) is 0 Å². The largest absolute Gasteiger partial charge is 0.481 e. The van der Waals surface area contributed by atoms with Gasteiger partial charge in [-0.25, -0.2) is 10.0 Å². The number of aliphatic carboxylic acids is 1. The van der Waals surface area contributed by atoms with Crippen molar-refractivity contribution in [3.8, 4) is 0 Å². The first-order valence-electron chi connectivity index (χ1n) is 3.79. The molecule has 13 heavy (non-hydrogen) atoms. The van der Waals surface area contributed by atoms with E-state index in [1.807, 2.05) is 0 Å². The van der Waals surface area contributed by atoms with E-state index in [-0.39, 0.29) is 13.0 Å². The Bertz CT molecular complexity index is 276. The number of carboxylic acids is 1. The molecule has 0 spiro atoms. The fourth-order valence-electron chi connectivity index (χ4n) is 0.823. The highest BCUT2D eigenvalue weighted by Crippen LogP contribution is 2.05. The molecule has 0 unspecified atom stereocenters. The number of hydroxylamine groups is 1. The Morgan fingerprint density at radius 2 is 2.31 bits per heavy atom. The predicted octanol–water partition coefficient (Wildman–Crippen LogP) is 0.752. The molecule has 1 aromatic rings. The minimum Gasteiger partial charge on any atom is -0.481 e. The fraction of sp³-hybridized carbons (Fsp3) is 0.250. The van der Waals surface area contributed by atoms with Crippen LogP contribution in [0, 0.1) is 0 Å². The Morgan fingerprint density at radius 3 is 2.85 bits per heavy atom. The lowest BCUT2D eigenvalue weighted by atomic mass is 10.4. The van der Waals surface area contributed by atoms with Crippen LogP contribution >= 0.6 is 0 Å². The Hall–Kier alpha value is -1.62. The molecule has 1 aromatic heterocycles. The van der Waals surface area contributed by atoms with E-state index in [1.165, 1.54) is 6.20 Å². The van der Waals surface area contributed by atoms with E-state index in [1.54, 1.807) is 18.2 Å². The molecule has 0 fully saturated rings. The average Bonchev–Trinajstić information content (AvgIpc) is 2.15. The highest BCUT2D eigenvalue weighted by atomic mass is 16.5. The third-order valence-electron chi connectivity index (χ3n) is 1.45. The molecule has 0 radical (unpaired) electrons. The molecular formula is C8H10N2O3. The second kappa shape index (κ2) is 4.42. The Labute approximate surface area is 75.2 Å². The first-order valence-corrected chi connectivity index (χ1v) is 3.79. The SMILES string of the molecule is O=C(O)CCN(O)c1ccccn1. The van der Waals surface area contributed by atoms with Crippen molar-refractivity contribution in [2.45, 2.75) is 6.42 Å². The molecule has 0 aliphatic rings. The lowest BCUT2D eigenvalue weighted by Gasteiger charge is -2.13. The van der Waals surface area contributed by atoms with E-state index in [2.05, 4.69) is 4.98 Å². The molecule has 0 aliphatic heterocycles. The van der Waals surface area contributed by atoms with Gasteiger partial charge in [-0.3, -0.25) is 10.0 Å². The molecule has 70 valence electrons. The summed E-state index contributed by atoms with van der Waals surface area (Å²) < 4.78 is 0. The summed E-state index contributed by atoms with van der Waals surface area (Å²) in [5.74, 6) is -0.598. The minimum absolute atomic E-state index is 0.0341. The summed E-state index contributed by atoms with van der Waals surface area (Å²) in [5.41, 5.74) is 0. The maximum Gasteiger partial charge on any atom is 0.305 e. The monoisotopic (exact) mass is 182 g/mol. The van der Waals surface area contributed by atoms with Crippen molar-refractivity contribution in [1.82, 2.24) is 4.98 Å². The van der Waals surface area contributed by atoms with Gasteiger partial charge in [0, 0.05) is 6.20 Å². The third-order valence-corrected chi connectivity index (χ3v) is 1.45. The quantitative estimate of drug-likeness (QED) is 0.672. The number of hydrogen-bond acceptors (Lipinski definition) is 4. The summed E-state index contributed by atoms with van der Waals surface area (Å²) in [4.78, 5) is 14.0. The highest BCUT2D eigenvalue weighted by Gasteiger charge is 2.05. The van der Waals surface area contributed by atoms with Gasteiger partial charge in [0.2, 0.25) is 0 Å². The number of carbonyl (C=O) groups is 1. The lowest BCUT2D eigenvalue weighted by Crippen LogP contribution is -2.22. The molecule has 0 amide bonds. The zero-order valence-corrected chi connectivity index (χ0v) is 6.92. The number of pyridine rings is 1. The Kier molecular flexibility index (Phi) is 3.22. The fourth-order valence-corrected chi connectivity index (χ4v) is 0.823. The van der Waals surface area contributed by atoms with E-state index in [9.17, 15) is 10.0 Å². The van der Waals surface area contributed by atoms with E-state index in [0.717, 1.165) is 5.06 Å². The van der Waals surface area contributed by atoms with E-state index in [0.29, 0.717) is 5.82 Å². The van der Waals surface area contributed by atoms with Crippen LogP contribution < -0.4 is 5.06 Å². The van der Waals surface area contributed by atoms with Crippen molar-refractivity contribution in [2.75, 3.05) is 11.6 Å². The lowest BCUT2D eigenvalue weighted by molar-refractivity contribution is -0.137. The van der Waals surface area contributed by atoms with Crippen LogP contribution in [0.15, 0.2) is 24.4 Å². The van der Waals surface area contributed by atoms with Crippen LogP contribution in [-0.4, -0.2) is 27.8 Å². The van der Waals surface area contributed by atoms with Crippen LogP contribution in [0.1, 0.15) is 6.42 Å². The molecule has 0 saturated carbocycles. The standard InChI is InChI=1S/C8H10N2O3/c11-8(12)4-6-10(13)7-3-1-2-5-9-7/h1-3,5,13H,4,6H2,(H,11,12). The molecular weight excluding hydrogens is 172 g/mol. The molecule has 1 rings (SSSR count). The second-order valence-electron chi connectivity index (χ2n) is 2.45. The van der Waals surface area contributed by atoms with Gasteiger partial charge in [-0.15, -0.1) is 0 Å². The Balaban J connectivity index is 2.49. The van der Waals surface area contributed by atoms with Crippen LogP contribution in [0.2, 0.25) is 0 Å². The van der Waals surface area contributed by atoms with E-state index < -0.39 is 5.97 Å². The molecule has 0 atom stereocenters. The zero-order valence-electron chi connectivity index (χ0n) is 6.92. The van der Waals surface area contributed by atoms with Gasteiger partial charge in [0.05, 0.1) is 13.0 Å².